The first-order valence-electron chi connectivity index (χ1n) is 7.75. The molecule has 1 aliphatic heterocycles. The van der Waals surface area contributed by atoms with Crippen molar-refractivity contribution < 1.29 is 4.79 Å². The molecule has 0 aromatic heterocycles. The standard InChI is InChI=1S/C17H25ClN2O/c1-14(2)20(17(21)11-18)13-16-9-6-10-19(16)12-15-7-4-3-5-8-15/h3-5,7-8,14,16H,6,9-13H2,1-2H3. The normalized spacial score (nSPS) is 19.1. The van der Waals surface area contributed by atoms with Crippen LogP contribution in [0.4, 0.5) is 0 Å². The molecule has 4 heteroatoms. The van der Waals surface area contributed by atoms with E-state index in [2.05, 4.69) is 43.0 Å². The van der Waals surface area contributed by atoms with Crippen LogP contribution in [0.5, 0.6) is 0 Å². The highest BCUT2D eigenvalue weighted by Gasteiger charge is 2.28. The predicted molar refractivity (Wildman–Crippen MR) is 87.4 cm³/mol. The molecule has 1 atom stereocenters. The average molecular weight is 309 g/mol. The second kappa shape index (κ2) is 7.81. The van der Waals surface area contributed by atoms with Crippen molar-refractivity contribution in [2.75, 3.05) is 19.0 Å². The highest BCUT2D eigenvalue weighted by atomic mass is 35.5. The van der Waals surface area contributed by atoms with Crippen LogP contribution < -0.4 is 0 Å². The Bertz CT molecular complexity index is 449. The third-order valence-corrected chi connectivity index (χ3v) is 4.42. The maximum atomic E-state index is 12.0. The zero-order valence-electron chi connectivity index (χ0n) is 13.0. The number of halogens is 1. The molecule has 3 nitrogen and oxygen atoms in total. The van der Waals surface area contributed by atoms with E-state index in [9.17, 15) is 4.79 Å². The van der Waals surface area contributed by atoms with Gasteiger partial charge in [-0.25, -0.2) is 0 Å². The Balaban J connectivity index is 1.99. The lowest BCUT2D eigenvalue weighted by Gasteiger charge is -2.33. The smallest absolute Gasteiger partial charge is 0.237 e. The van der Waals surface area contributed by atoms with E-state index in [4.69, 9.17) is 11.6 Å². The lowest BCUT2D eigenvalue weighted by molar-refractivity contribution is -0.130. The number of carbonyl (C=O) groups excluding carboxylic acids is 1. The molecule has 1 amide bonds. The van der Waals surface area contributed by atoms with Crippen LogP contribution in [0.2, 0.25) is 0 Å². The van der Waals surface area contributed by atoms with Crippen LogP contribution in [0.15, 0.2) is 30.3 Å². The number of benzene rings is 1. The zero-order valence-corrected chi connectivity index (χ0v) is 13.7. The second-order valence-electron chi connectivity index (χ2n) is 6.03. The number of hydrogen-bond acceptors (Lipinski definition) is 2. The average Bonchev–Trinajstić information content (AvgIpc) is 2.92. The number of amides is 1. The Morgan fingerprint density at radius 1 is 1.38 bits per heavy atom. The number of carbonyl (C=O) groups is 1. The summed E-state index contributed by atoms with van der Waals surface area (Å²) in [5.41, 5.74) is 1.34. The van der Waals surface area contributed by atoms with Gasteiger partial charge in [0, 0.05) is 25.2 Å². The SMILES string of the molecule is CC(C)N(CC1CCCN1Cc1ccccc1)C(=O)CCl. The van der Waals surface area contributed by atoms with Crippen LogP contribution in [-0.4, -0.2) is 46.8 Å². The first kappa shape index (κ1) is 16.3. The van der Waals surface area contributed by atoms with Gasteiger partial charge in [-0.2, -0.15) is 0 Å². The maximum absolute atomic E-state index is 12.0. The summed E-state index contributed by atoms with van der Waals surface area (Å²) in [6.07, 6.45) is 2.37. The predicted octanol–water partition coefficient (Wildman–Crippen LogP) is 3.13. The third kappa shape index (κ3) is 4.45. The van der Waals surface area contributed by atoms with Gasteiger partial charge in [-0.15, -0.1) is 11.6 Å². The van der Waals surface area contributed by atoms with Crippen LogP contribution in [0.3, 0.4) is 0 Å². The van der Waals surface area contributed by atoms with Crippen LogP contribution in [0.1, 0.15) is 32.3 Å². The monoisotopic (exact) mass is 308 g/mol. The molecule has 0 bridgehead atoms. The molecule has 0 aliphatic carbocycles. The Morgan fingerprint density at radius 3 is 2.71 bits per heavy atom. The van der Waals surface area contributed by atoms with E-state index in [0.717, 1.165) is 26.1 Å². The highest BCUT2D eigenvalue weighted by molar-refractivity contribution is 6.27. The van der Waals surface area contributed by atoms with E-state index >= 15 is 0 Å². The highest BCUT2D eigenvalue weighted by Crippen LogP contribution is 2.21. The minimum Gasteiger partial charge on any atom is -0.338 e. The van der Waals surface area contributed by atoms with E-state index in [0.29, 0.717) is 6.04 Å². The van der Waals surface area contributed by atoms with E-state index in [1.54, 1.807) is 0 Å². The lowest BCUT2D eigenvalue weighted by atomic mass is 10.1. The summed E-state index contributed by atoms with van der Waals surface area (Å²) in [6.45, 7) is 6.98. The second-order valence-corrected chi connectivity index (χ2v) is 6.29. The van der Waals surface area contributed by atoms with Gasteiger partial charge in [0.15, 0.2) is 0 Å². The van der Waals surface area contributed by atoms with Crippen molar-refractivity contribution >= 4 is 17.5 Å². The first-order valence-corrected chi connectivity index (χ1v) is 8.28. The van der Waals surface area contributed by atoms with Gasteiger partial charge in [0.1, 0.15) is 5.88 Å². The van der Waals surface area contributed by atoms with Crippen molar-refractivity contribution in [3.05, 3.63) is 35.9 Å². The third-order valence-electron chi connectivity index (χ3n) is 4.19. The molecule has 0 radical (unpaired) electrons. The van der Waals surface area contributed by atoms with Crippen LogP contribution in [-0.2, 0) is 11.3 Å². The Morgan fingerprint density at radius 2 is 2.10 bits per heavy atom. The molecule has 0 spiro atoms. The van der Waals surface area contributed by atoms with Gasteiger partial charge in [0.2, 0.25) is 5.91 Å². The van der Waals surface area contributed by atoms with Crippen LogP contribution in [0, 0.1) is 0 Å². The van der Waals surface area contributed by atoms with Crippen LogP contribution in [0.25, 0.3) is 0 Å². The molecule has 21 heavy (non-hydrogen) atoms. The summed E-state index contributed by atoms with van der Waals surface area (Å²) < 4.78 is 0. The molecule has 1 fully saturated rings. The van der Waals surface area contributed by atoms with Crippen molar-refractivity contribution in [3.8, 4) is 0 Å². The quantitative estimate of drug-likeness (QED) is 0.754. The Hall–Kier alpha value is -1.06. The summed E-state index contributed by atoms with van der Waals surface area (Å²) in [6, 6.07) is 11.2. The zero-order chi connectivity index (χ0) is 15.2. The summed E-state index contributed by atoms with van der Waals surface area (Å²) in [5.74, 6) is 0.113. The molecule has 0 saturated carbocycles. The molecule has 2 rings (SSSR count). The number of likely N-dealkylation sites (tertiary alicyclic amines) is 1. The minimum atomic E-state index is 0.0400. The minimum absolute atomic E-state index is 0.0400. The van der Waals surface area contributed by atoms with E-state index in [1.807, 2.05) is 11.0 Å². The molecular weight excluding hydrogens is 284 g/mol. The molecule has 1 aliphatic rings. The molecular formula is C17H25ClN2O. The fourth-order valence-corrected chi connectivity index (χ4v) is 3.19. The topological polar surface area (TPSA) is 23.6 Å². The molecule has 1 saturated heterocycles. The first-order chi connectivity index (χ1) is 10.1. The van der Waals surface area contributed by atoms with E-state index in [1.165, 1.54) is 12.0 Å². The number of rotatable bonds is 6. The van der Waals surface area contributed by atoms with Gasteiger partial charge < -0.3 is 4.90 Å². The van der Waals surface area contributed by atoms with Gasteiger partial charge in [-0.1, -0.05) is 30.3 Å². The molecule has 116 valence electrons. The fourth-order valence-electron chi connectivity index (χ4n) is 3.03. The maximum Gasteiger partial charge on any atom is 0.237 e. The number of nitrogens with zero attached hydrogens (tertiary/aromatic N) is 2. The van der Waals surface area contributed by atoms with Crippen molar-refractivity contribution in [1.82, 2.24) is 9.80 Å². The van der Waals surface area contributed by atoms with Gasteiger partial charge in [-0.3, -0.25) is 9.69 Å². The van der Waals surface area contributed by atoms with Crippen molar-refractivity contribution in [3.63, 3.8) is 0 Å². The number of hydrogen-bond donors (Lipinski definition) is 0. The molecule has 1 unspecified atom stereocenters. The summed E-state index contributed by atoms with van der Waals surface area (Å²) in [4.78, 5) is 16.4. The largest absolute Gasteiger partial charge is 0.338 e. The molecule has 1 heterocycles. The fraction of sp³-hybridized carbons (Fsp3) is 0.588. The Labute approximate surface area is 132 Å². The summed E-state index contributed by atoms with van der Waals surface area (Å²) in [5, 5.41) is 0. The van der Waals surface area contributed by atoms with E-state index in [-0.39, 0.29) is 17.8 Å². The van der Waals surface area contributed by atoms with Crippen molar-refractivity contribution in [2.45, 2.75) is 45.3 Å². The lowest BCUT2D eigenvalue weighted by Crippen LogP contribution is -2.46. The summed E-state index contributed by atoms with van der Waals surface area (Å²) >= 11 is 5.74. The summed E-state index contributed by atoms with van der Waals surface area (Å²) in [7, 11) is 0. The number of alkyl halides is 1. The van der Waals surface area contributed by atoms with Crippen LogP contribution >= 0.6 is 11.6 Å². The molecule has 1 aromatic rings. The Kier molecular flexibility index (Phi) is 6.07. The van der Waals surface area contributed by atoms with E-state index < -0.39 is 0 Å². The van der Waals surface area contributed by atoms with Gasteiger partial charge in [-0.05, 0) is 38.8 Å². The van der Waals surface area contributed by atoms with Crippen molar-refractivity contribution in [2.24, 2.45) is 0 Å². The van der Waals surface area contributed by atoms with Gasteiger partial charge >= 0.3 is 0 Å². The van der Waals surface area contributed by atoms with Gasteiger partial charge in [0.25, 0.3) is 0 Å². The molecule has 0 N–H and O–H groups in total. The van der Waals surface area contributed by atoms with Gasteiger partial charge in [0.05, 0.1) is 0 Å². The molecule has 1 aromatic carbocycles. The van der Waals surface area contributed by atoms with Crippen molar-refractivity contribution in [1.29, 1.82) is 0 Å².